The molecule has 0 aromatic heterocycles. The Hall–Kier alpha value is -2.40. The van der Waals surface area contributed by atoms with Gasteiger partial charge in [0.2, 0.25) is 6.79 Å². The molecule has 0 bridgehead atoms. The summed E-state index contributed by atoms with van der Waals surface area (Å²) in [5.74, 6) is 1.46. The molecule has 2 aromatic rings. The van der Waals surface area contributed by atoms with Crippen molar-refractivity contribution >= 4 is 5.78 Å². The lowest BCUT2D eigenvalue weighted by molar-refractivity contribution is 0.0975. The van der Waals surface area contributed by atoms with Crippen molar-refractivity contribution in [1.82, 2.24) is 4.90 Å². The number of carbonyl (C=O) groups excluding carboxylic acids is 1. The maximum atomic E-state index is 12.9. The van der Waals surface area contributed by atoms with E-state index in [0.717, 1.165) is 50.4 Å². The van der Waals surface area contributed by atoms with Gasteiger partial charge in [0.1, 0.15) is 5.82 Å². The lowest BCUT2D eigenvalue weighted by Gasteiger charge is -2.19. The fraction of sp³-hybridized carbons (Fsp3) is 0.381. The molecule has 136 valence electrons. The second kappa shape index (κ2) is 7.46. The van der Waals surface area contributed by atoms with E-state index in [0.29, 0.717) is 18.8 Å². The molecule has 0 radical (unpaired) electrons. The van der Waals surface area contributed by atoms with Crippen LogP contribution in [0, 0.1) is 5.82 Å². The number of ether oxygens (including phenoxy) is 2. The zero-order valence-corrected chi connectivity index (χ0v) is 14.7. The van der Waals surface area contributed by atoms with Crippen molar-refractivity contribution in [2.24, 2.45) is 0 Å². The molecule has 5 heteroatoms. The highest BCUT2D eigenvalue weighted by Crippen LogP contribution is 2.36. The summed E-state index contributed by atoms with van der Waals surface area (Å²) in [5.41, 5.74) is 3.25. The summed E-state index contributed by atoms with van der Waals surface area (Å²) >= 11 is 0. The second-order valence-corrected chi connectivity index (χ2v) is 6.85. The minimum absolute atomic E-state index is 0.0776. The molecule has 2 aromatic carbocycles. The Kier molecular flexibility index (Phi) is 4.89. The molecule has 0 atom stereocenters. The van der Waals surface area contributed by atoms with Crippen molar-refractivity contribution in [2.75, 3.05) is 26.4 Å². The summed E-state index contributed by atoms with van der Waals surface area (Å²) in [7, 11) is 0. The molecule has 0 unspecified atom stereocenters. The second-order valence-electron chi connectivity index (χ2n) is 6.85. The normalized spacial score (nSPS) is 16.2. The zero-order valence-electron chi connectivity index (χ0n) is 14.7. The van der Waals surface area contributed by atoms with Crippen molar-refractivity contribution in [3.63, 3.8) is 0 Å². The summed E-state index contributed by atoms with van der Waals surface area (Å²) in [6.07, 6.45) is 3.27. The molecule has 2 heterocycles. The Morgan fingerprint density at radius 2 is 1.62 bits per heavy atom. The molecule has 0 aliphatic carbocycles. The van der Waals surface area contributed by atoms with Crippen LogP contribution in [-0.2, 0) is 12.8 Å². The number of rotatable bonds is 5. The highest BCUT2D eigenvalue weighted by Gasteiger charge is 2.20. The van der Waals surface area contributed by atoms with Gasteiger partial charge in [-0.2, -0.15) is 0 Å². The van der Waals surface area contributed by atoms with Gasteiger partial charge in [-0.25, -0.2) is 4.39 Å². The molecular weight excluding hydrogens is 333 g/mol. The average Bonchev–Trinajstić information content (AvgIpc) is 3.01. The Labute approximate surface area is 152 Å². The number of hydrogen-bond donors (Lipinski definition) is 0. The van der Waals surface area contributed by atoms with Gasteiger partial charge < -0.3 is 14.4 Å². The van der Waals surface area contributed by atoms with Gasteiger partial charge in [-0.15, -0.1) is 0 Å². The van der Waals surface area contributed by atoms with Crippen LogP contribution in [0.25, 0.3) is 0 Å². The molecule has 0 spiro atoms. The first-order valence-electron chi connectivity index (χ1n) is 9.11. The SMILES string of the molecule is O=C(CCCN1CCc2cc3c(cc2CC1)OCO3)c1ccc(F)cc1. The highest BCUT2D eigenvalue weighted by atomic mass is 19.1. The number of ketones is 1. The fourth-order valence-electron chi connectivity index (χ4n) is 3.63. The zero-order chi connectivity index (χ0) is 17.9. The van der Waals surface area contributed by atoms with Crippen LogP contribution >= 0.6 is 0 Å². The summed E-state index contributed by atoms with van der Waals surface area (Å²) in [6.45, 7) is 3.18. The molecular formula is C21H22FNO3. The number of nitrogens with zero attached hydrogens (tertiary/aromatic N) is 1. The Morgan fingerprint density at radius 3 is 2.23 bits per heavy atom. The van der Waals surface area contributed by atoms with Gasteiger partial charge in [0.15, 0.2) is 17.3 Å². The first-order chi connectivity index (χ1) is 12.7. The van der Waals surface area contributed by atoms with Gasteiger partial charge >= 0.3 is 0 Å². The van der Waals surface area contributed by atoms with E-state index in [1.165, 1.54) is 23.3 Å². The van der Waals surface area contributed by atoms with E-state index in [1.54, 1.807) is 12.1 Å². The van der Waals surface area contributed by atoms with Crippen LogP contribution in [0.5, 0.6) is 11.5 Å². The van der Waals surface area contributed by atoms with Gasteiger partial charge in [-0.1, -0.05) is 0 Å². The van der Waals surface area contributed by atoms with Crippen molar-refractivity contribution in [3.8, 4) is 11.5 Å². The number of fused-ring (bicyclic) bond motifs is 2. The summed E-state index contributed by atoms with van der Waals surface area (Å²) in [5, 5.41) is 0. The molecule has 0 N–H and O–H groups in total. The predicted molar refractivity (Wildman–Crippen MR) is 96.4 cm³/mol. The molecule has 0 saturated carbocycles. The molecule has 0 fully saturated rings. The minimum atomic E-state index is -0.313. The number of halogens is 1. The van der Waals surface area contributed by atoms with E-state index in [9.17, 15) is 9.18 Å². The first kappa shape index (κ1) is 17.0. The molecule has 0 amide bonds. The lowest BCUT2D eigenvalue weighted by Crippen LogP contribution is -2.27. The summed E-state index contributed by atoms with van der Waals surface area (Å²) in [6, 6.07) is 10.0. The summed E-state index contributed by atoms with van der Waals surface area (Å²) in [4.78, 5) is 14.6. The van der Waals surface area contributed by atoms with E-state index in [-0.39, 0.29) is 11.6 Å². The first-order valence-corrected chi connectivity index (χ1v) is 9.11. The van der Waals surface area contributed by atoms with Crippen LogP contribution < -0.4 is 9.47 Å². The average molecular weight is 355 g/mol. The Bertz CT molecular complexity index is 769. The quantitative estimate of drug-likeness (QED) is 0.768. The third-order valence-electron chi connectivity index (χ3n) is 5.13. The van der Waals surface area contributed by atoms with E-state index in [1.807, 2.05) is 0 Å². The molecule has 4 nitrogen and oxygen atoms in total. The smallest absolute Gasteiger partial charge is 0.231 e. The van der Waals surface area contributed by atoms with E-state index in [4.69, 9.17) is 9.47 Å². The van der Waals surface area contributed by atoms with Crippen molar-refractivity contribution in [2.45, 2.75) is 25.7 Å². The third-order valence-corrected chi connectivity index (χ3v) is 5.13. The minimum Gasteiger partial charge on any atom is -0.454 e. The number of hydrogen-bond acceptors (Lipinski definition) is 4. The maximum Gasteiger partial charge on any atom is 0.231 e. The molecule has 0 saturated heterocycles. The van der Waals surface area contributed by atoms with Gasteiger partial charge in [0, 0.05) is 25.1 Å². The number of benzene rings is 2. The Balaban J connectivity index is 1.29. The Morgan fingerprint density at radius 1 is 1.00 bits per heavy atom. The van der Waals surface area contributed by atoms with E-state index in [2.05, 4.69) is 17.0 Å². The van der Waals surface area contributed by atoms with Crippen LogP contribution in [0.3, 0.4) is 0 Å². The predicted octanol–water partition coefficient (Wildman–Crippen LogP) is 3.62. The van der Waals surface area contributed by atoms with Crippen LogP contribution in [0.15, 0.2) is 36.4 Å². The lowest BCUT2D eigenvalue weighted by atomic mass is 10.0. The van der Waals surface area contributed by atoms with Crippen molar-refractivity contribution in [1.29, 1.82) is 0 Å². The number of Topliss-reactive ketones (excluding diaryl/α,β-unsaturated/α-hetero) is 1. The molecule has 2 aliphatic rings. The van der Waals surface area contributed by atoms with Crippen molar-refractivity contribution < 1.29 is 18.7 Å². The van der Waals surface area contributed by atoms with Gasteiger partial charge in [0.05, 0.1) is 0 Å². The molecule has 2 aliphatic heterocycles. The van der Waals surface area contributed by atoms with E-state index >= 15 is 0 Å². The van der Waals surface area contributed by atoms with Crippen LogP contribution in [0.2, 0.25) is 0 Å². The highest BCUT2D eigenvalue weighted by molar-refractivity contribution is 5.95. The van der Waals surface area contributed by atoms with Gasteiger partial charge in [-0.3, -0.25) is 4.79 Å². The van der Waals surface area contributed by atoms with Gasteiger partial charge in [0.25, 0.3) is 0 Å². The van der Waals surface area contributed by atoms with Crippen LogP contribution in [0.4, 0.5) is 4.39 Å². The topological polar surface area (TPSA) is 38.8 Å². The van der Waals surface area contributed by atoms with Crippen molar-refractivity contribution in [3.05, 3.63) is 58.9 Å². The largest absolute Gasteiger partial charge is 0.454 e. The van der Waals surface area contributed by atoms with E-state index < -0.39 is 0 Å². The summed E-state index contributed by atoms with van der Waals surface area (Å²) < 4.78 is 23.9. The van der Waals surface area contributed by atoms with Gasteiger partial charge in [-0.05, 0) is 73.3 Å². The van der Waals surface area contributed by atoms with Crippen LogP contribution in [-0.4, -0.2) is 37.1 Å². The standard InChI is InChI=1S/C21H22FNO3/c22-18-5-3-15(4-6-18)19(24)2-1-9-23-10-7-16-12-20-21(26-14-25-20)13-17(16)8-11-23/h3-6,12-13H,1-2,7-11,14H2. The van der Waals surface area contributed by atoms with Crippen LogP contribution in [0.1, 0.15) is 34.3 Å². The number of carbonyl (C=O) groups is 1. The fourth-order valence-corrected chi connectivity index (χ4v) is 3.63. The third kappa shape index (κ3) is 3.73. The molecule has 4 rings (SSSR count). The molecule has 26 heavy (non-hydrogen) atoms. The monoisotopic (exact) mass is 355 g/mol. The maximum absolute atomic E-state index is 12.9.